The fourth-order valence-electron chi connectivity index (χ4n) is 0.204. The zero-order valence-corrected chi connectivity index (χ0v) is 7.56. The molecule has 0 rings (SSSR count). The number of unbranched alkanes of at least 4 members (excludes halogenated alkanes) is 1. The summed E-state index contributed by atoms with van der Waals surface area (Å²) < 4.78 is 0. The van der Waals surface area contributed by atoms with Crippen LogP contribution < -0.4 is 0 Å². The SMILES string of the molecule is CCCCP.O=C(O)C(=O)O. The highest BCUT2D eigenvalue weighted by Crippen LogP contribution is 1.89. The zero-order valence-electron chi connectivity index (χ0n) is 6.41. The molecule has 2 N–H and O–H groups in total. The Bertz CT molecular complexity index is 110. The summed E-state index contributed by atoms with van der Waals surface area (Å²) in [5.74, 6) is -3.65. The molecule has 0 aromatic heterocycles. The van der Waals surface area contributed by atoms with E-state index in [0.717, 1.165) is 0 Å². The Labute approximate surface area is 67.8 Å². The van der Waals surface area contributed by atoms with Crippen molar-refractivity contribution in [1.29, 1.82) is 0 Å². The minimum absolute atomic E-state index is 1.26. The molecule has 0 fully saturated rings. The summed E-state index contributed by atoms with van der Waals surface area (Å²) in [6.07, 6.45) is 3.94. The van der Waals surface area contributed by atoms with Gasteiger partial charge < -0.3 is 10.2 Å². The molecule has 0 spiro atoms. The molecular weight excluding hydrogens is 167 g/mol. The maximum absolute atomic E-state index is 9.10. The molecule has 0 saturated carbocycles. The van der Waals surface area contributed by atoms with Gasteiger partial charge in [0.2, 0.25) is 0 Å². The van der Waals surface area contributed by atoms with E-state index in [9.17, 15) is 0 Å². The van der Waals surface area contributed by atoms with Gasteiger partial charge in [-0.2, -0.15) is 0 Å². The smallest absolute Gasteiger partial charge is 0.414 e. The van der Waals surface area contributed by atoms with Crippen LogP contribution in [0.1, 0.15) is 19.8 Å². The zero-order chi connectivity index (χ0) is 9.28. The van der Waals surface area contributed by atoms with Gasteiger partial charge in [-0.05, 0) is 6.16 Å². The summed E-state index contributed by atoms with van der Waals surface area (Å²) >= 11 is 0. The first-order chi connectivity index (χ1) is 5.06. The minimum atomic E-state index is -1.82. The van der Waals surface area contributed by atoms with Gasteiger partial charge in [0.1, 0.15) is 0 Å². The Morgan fingerprint density at radius 3 is 1.64 bits per heavy atom. The molecule has 4 nitrogen and oxygen atoms in total. The molecule has 1 atom stereocenters. The molecule has 0 aliphatic heterocycles. The molecule has 0 aromatic rings. The second kappa shape index (κ2) is 9.37. The second-order valence-electron chi connectivity index (χ2n) is 1.75. The lowest BCUT2D eigenvalue weighted by molar-refractivity contribution is -0.159. The van der Waals surface area contributed by atoms with Crippen LogP contribution in [0.3, 0.4) is 0 Å². The molecule has 0 aliphatic rings. The fourth-order valence-corrected chi connectivity index (χ4v) is 0.612. The molecule has 0 bridgehead atoms. The normalized spacial score (nSPS) is 7.82. The molecule has 5 heteroatoms. The summed E-state index contributed by atoms with van der Waals surface area (Å²) in [7, 11) is 2.70. The van der Waals surface area contributed by atoms with E-state index in [4.69, 9.17) is 19.8 Å². The first kappa shape index (κ1) is 13.0. The van der Waals surface area contributed by atoms with Crippen molar-refractivity contribution >= 4 is 21.2 Å². The highest BCUT2D eigenvalue weighted by molar-refractivity contribution is 7.16. The van der Waals surface area contributed by atoms with Crippen molar-refractivity contribution in [3.8, 4) is 0 Å². The average Bonchev–Trinajstić information content (AvgIpc) is 1.90. The van der Waals surface area contributed by atoms with Crippen molar-refractivity contribution in [1.82, 2.24) is 0 Å². The lowest BCUT2D eigenvalue weighted by Crippen LogP contribution is -2.09. The predicted octanol–water partition coefficient (Wildman–Crippen LogP) is 0.817. The topological polar surface area (TPSA) is 74.6 Å². The van der Waals surface area contributed by atoms with E-state index in [1.807, 2.05) is 0 Å². The van der Waals surface area contributed by atoms with Gasteiger partial charge in [0, 0.05) is 0 Å². The number of carboxylic acid groups (broad SMARTS) is 2. The van der Waals surface area contributed by atoms with Crippen LogP contribution in [-0.2, 0) is 9.59 Å². The largest absolute Gasteiger partial charge is 0.473 e. The van der Waals surface area contributed by atoms with E-state index >= 15 is 0 Å². The lowest BCUT2D eigenvalue weighted by atomic mass is 10.4. The van der Waals surface area contributed by atoms with Gasteiger partial charge in [-0.25, -0.2) is 9.59 Å². The quantitative estimate of drug-likeness (QED) is 0.487. The van der Waals surface area contributed by atoms with Gasteiger partial charge in [-0.3, -0.25) is 0 Å². The summed E-state index contributed by atoms with van der Waals surface area (Å²) in [6.45, 7) is 2.20. The fraction of sp³-hybridized carbons (Fsp3) is 0.667. The number of rotatable bonds is 2. The van der Waals surface area contributed by atoms with Gasteiger partial charge in [0.05, 0.1) is 0 Å². The van der Waals surface area contributed by atoms with Crippen molar-refractivity contribution in [2.45, 2.75) is 19.8 Å². The van der Waals surface area contributed by atoms with E-state index in [1.165, 1.54) is 19.0 Å². The number of aliphatic carboxylic acids is 2. The monoisotopic (exact) mass is 180 g/mol. The van der Waals surface area contributed by atoms with E-state index in [1.54, 1.807) is 0 Å². The number of hydrogen-bond acceptors (Lipinski definition) is 2. The van der Waals surface area contributed by atoms with Crippen LogP contribution in [-0.4, -0.2) is 28.3 Å². The van der Waals surface area contributed by atoms with E-state index in [-0.39, 0.29) is 0 Å². The summed E-state index contributed by atoms with van der Waals surface area (Å²) in [5.41, 5.74) is 0. The molecule has 0 radical (unpaired) electrons. The van der Waals surface area contributed by atoms with Crippen LogP contribution in [0.5, 0.6) is 0 Å². The second-order valence-corrected chi connectivity index (χ2v) is 2.33. The van der Waals surface area contributed by atoms with E-state index in [0.29, 0.717) is 0 Å². The Kier molecular flexibility index (Phi) is 11.1. The van der Waals surface area contributed by atoms with Gasteiger partial charge >= 0.3 is 11.9 Å². The van der Waals surface area contributed by atoms with Gasteiger partial charge in [0.15, 0.2) is 0 Å². The highest BCUT2D eigenvalue weighted by atomic mass is 31.0. The molecular formula is C6H13O4P. The third kappa shape index (κ3) is 17.6. The number of carboxylic acids is 2. The Morgan fingerprint density at radius 2 is 1.64 bits per heavy atom. The third-order valence-corrected chi connectivity index (χ3v) is 1.15. The number of carbonyl (C=O) groups is 2. The van der Waals surface area contributed by atoms with Crippen LogP contribution in [0.15, 0.2) is 0 Å². The van der Waals surface area contributed by atoms with Gasteiger partial charge in [0.25, 0.3) is 0 Å². The van der Waals surface area contributed by atoms with Crippen LogP contribution in [0.25, 0.3) is 0 Å². The Hall–Kier alpha value is -0.630. The summed E-state index contributed by atoms with van der Waals surface area (Å²) in [6, 6.07) is 0. The summed E-state index contributed by atoms with van der Waals surface area (Å²) in [5, 5.41) is 14.8. The molecule has 0 heterocycles. The molecule has 66 valence electrons. The predicted molar refractivity (Wildman–Crippen MR) is 44.8 cm³/mol. The third-order valence-electron chi connectivity index (χ3n) is 0.741. The molecule has 1 unspecified atom stereocenters. The average molecular weight is 180 g/mol. The first-order valence-electron chi connectivity index (χ1n) is 3.22. The van der Waals surface area contributed by atoms with E-state index < -0.39 is 11.9 Å². The standard InChI is InChI=1S/C4H11P.C2H2O4/c1-2-3-4-5;3-1(4)2(5)6/h2-5H2,1H3;(H,3,4)(H,5,6). The van der Waals surface area contributed by atoms with E-state index in [2.05, 4.69) is 16.2 Å². The van der Waals surface area contributed by atoms with Crippen molar-refractivity contribution < 1.29 is 19.8 Å². The maximum Gasteiger partial charge on any atom is 0.414 e. The summed E-state index contributed by atoms with van der Waals surface area (Å²) in [4.78, 5) is 18.2. The molecule has 11 heavy (non-hydrogen) atoms. The van der Waals surface area contributed by atoms with Crippen molar-refractivity contribution in [3.05, 3.63) is 0 Å². The minimum Gasteiger partial charge on any atom is -0.473 e. The molecule has 0 aliphatic carbocycles. The first-order valence-corrected chi connectivity index (χ1v) is 4.04. The van der Waals surface area contributed by atoms with Crippen molar-refractivity contribution in [3.63, 3.8) is 0 Å². The van der Waals surface area contributed by atoms with Crippen molar-refractivity contribution in [2.75, 3.05) is 6.16 Å². The Balaban J connectivity index is 0. The highest BCUT2D eigenvalue weighted by Gasteiger charge is 2.04. The van der Waals surface area contributed by atoms with Crippen LogP contribution in [0, 0.1) is 0 Å². The van der Waals surface area contributed by atoms with Gasteiger partial charge in [-0.1, -0.05) is 19.8 Å². The van der Waals surface area contributed by atoms with Crippen molar-refractivity contribution in [2.24, 2.45) is 0 Å². The molecule has 0 saturated heterocycles. The van der Waals surface area contributed by atoms with Crippen LogP contribution in [0.4, 0.5) is 0 Å². The number of hydrogen-bond donors (Lipinski definition) is 2. The Morgan fingerprint density at radius 1 is 1.27 bits per heavy atom. The van der Waals surface area contributed by atoms with Crippen LogP contribution >= 0.6 is 9.24 Å². The molecule has 0 amide bonds. The maximum atomic E-state index is 9.10. The molecule has 0 aromatic carbocycles. The lowest BCUT2D eigenvalue weighted by Gasteiger charge is -1.79. The van der Waals surface area contributed by atoms with Crippen LogP contribution in [0.2, 0.25) is 0 Å². The van der Waals surface area contributed by atoms with Gasteiger partial charge in [-0.15, -0.1) is 9.24 Å².